The summed E-state index contributed by atoms with van der Waals surface area (Å²) in [6.07, 6.45) is 1.78. The van der Waals surface area contributed by atoms with E-state index < -0.39 is 16.9 Å². The second-order valence-corrected chi connectivity index (χ2v) is 12.1. The monoisotopic (exact) mass is 594 g/mol. The Labute approximate surface area is 244 Å². The molecule has 1 N–H and O–H groups in total. The molecule has 0 radical (unpaired) electrons. The number of para-hydroxylation sites is 1. The molecule has 1 fully saturated rings. The summed E-state index contributed by atoms with van der Waals surface area (Å²) in [4.78, 5) is 29.3. The van der Waals surface area contributed by atoms with E-state index in [4.69, 9.17) is 9.84 Å². The van der Waals surface area contributed by atoms with E-state index in [1.54, 1.807) is 4.68 Å². The highest BCUT2D eigenvalue weighted by Gasteiger charge is 2.39. The number of aromatic nitrogens is 2. The molecule has 2 atom stereocenters. The van der Waals surface area contributed by atoms with E-state index in [-0.39, 0.29) is 35.8 Å². The van der Waals surface area contributed by atoms with Gasteiger partial charge in [0.2, 0.25) is 11.8 Å². The van der Waals surface area contributed by atoms with E-state index in [2.05, 4.69) is 5.32 Å². The molecule has 1 saturated heterocycles. The molecule has 6 rings (SSSR count). The topological polar surface area (TPSA) is 76.5 Å². The number of aryl methyl sites for hydroxylation is 1. The number of ether oxygens (including phenoxy) is 1. The highest BCUT2D eigenvalue weighted by Crippen LogP contribution is 2.49. The predicted octanol–water partition coefficient (Wildman–Crippen LogP) is 5.65. The number of carbonyl (C=O) groups is 2. The van der Waals surface area contributed by atoms with Gasteiger partial charge in [0.25, 0.3) is 0 Å². The van der Waals surface area contributed by atoms with Crippen LogP contribution in [0, 0.1) is 18.6 Å². The first-order valence-corrected chi connectivity index (χ1v) is 15.3. The molecule has 2 aromatic carbocycles. The quantitative estimate of drug-likeness (QED) is 0.299. The third kappa shape index (κ3) is 5.53. The van der Waals surface area contributed by atoms with Crippen LogP contribution < -0.4 is 10.2 Å². The summed E-state index contributed by atoms with van der Waals surface area (Å²) in [6, 6.07) is 14.9. The summed E-state index contributed by atoms with van der Waals surface area (Å²) in [7, 11) is 0. The van der Waals surface area contributed by atoms with Crippen molar-refractivity contribution < 1.29 is 23.1 Å². The zero-order valence-corrected chi connectivity index (χ0v) is 23.9. The van der Waals surface area contributed by atoms with Crippen LogP contribution in [0.2, 0.25) is 0 Å². The summed E-state index contributed by atoms with van der Waals surface area (Å²) >= 11 is 2.72. The number of anilines is 1. The van der Waals surface area contributed by atoms with E-state index in [1.165, 1.54) is 40.1 Å². The molecular weight excluding hydrogens is 566 g/mol. The Morgan fingerprint density at radius 1 is 1.17 bits per heavy atom. The predicted molar refractivity (Wildman–Crippen MR) is 157 cm³/mol. The first-order valence-electron chi connectivity index (χ1n) is 13.4. The van der Waals surface area contributed by atoms with Crippen molar-refractivity contribution in [1.82, 2.24) is 15.1 Å². The van der Waals surface area contributed by atoms with Crippen LogP contribution in [-0.2, 0) is 14.3 Å². The van der Waals surface area contributed by atoms with Gasteiger partial charge in [-0.2, -0.15) is 5.10 Å². The highest BCUT2D eigenvalue weighted by molar-refractivity contribution is 8.00. The van der Waals surface area contributed by atoms with Gasteiger partial charge in [0.15, 0.2) is 0 Å². The summed E-state index contributed by atoms with van der Waals surface area (Å²) < 4.78 is 36.6. The molecule has 0 spiro atoms. The van der Waals surface area contributed by atoms with Crippen molar-refractivity contribution in [3.05, 3.63) is 88.3 Å². The van der Waals surface area contributed by atoms with Crippen molar-refractivity contribution in [3.8, 4) is 16.3 Å². The van der Waals surface area contributed by atoms with Gasteiger partial charge in [-0.1, -0.05) is 30.3 Å². The molecule has 0 unspecified atom stereocenters. The Morgan fingerprint density at radius 2 is 2.02 bits per heavy atom. The average Bonchev–Trinajstić information content (AvgIpc) is 3.72. The van der Waals surface area contributed by atoms with Gasteiger partial charge in [-0.3, -0.25) is 14.5 Å². The van der Waals surface area contributed by atoms with Crippen LogP contribution in [0.3, 0.4) is 0 Å². The van der Waals surface area contributed by atoms with Crippen molar-refractivity contribution in [2.75, 3.05) is 30.3 Å². The molecule has 0 aliphatic carbocycles. The van der Waals surface area contributed by atoms with Crippen LogP contribution in [0.15, 0.2) is 60.0 Å². The molecule has 7 nitrogen and oxygen atoms in total. The second kappa shape index (κ2) is 11.8. The molecule has 2 aliphatic rings. The number of halogens is 2. The fourth-order valence-electron chi connectivity index (χ4n) is 5.28. The zero-order valence-electron chi connectivity index (χ0n) is 22.3. The number of nitrogens with zero attached hydrogens (tertiary/aromatic N) is 3. The molecule has 0 bridgehead atoms. The second-order valence-electron chi connectivity index (χ2n) is 10.0. The Kier molecular flexibility index (Phi) is 7.92. The molecule has 2 aliphatic heterocycles. The minimum Gasteiger partial charge on any atom is -0.376 e. The van der Waals surface area contributed by atoms with Gasteiger partial charge >= 0.3 is 0 Å². The van der Waals surface area contributed by atoms with Crippen molar-refractivity contribution in [2.45, 2.75) is 31.1 Å². The van der Waals surface area contributed by atoms with E-state index in [0.29, 0.717) is 30.2 Å². The SMILES string of the molecule is Cc1ccccc1-n1nc(-c2cccs2)c2c1N(CC(=O)NC[C@H]1CCCO1)C(=O)CS[C@@H]2c1ccc(F)cc1F. The van der Waals surface area contributed by atoms with Crippen LogP contribution in [-0.4, -0.2) is 53.1 Å². The van der Waals surface area contributed by atoms with Gasteiger partial charge in [0.05, 0.1) is 27.7 Å². The lowest BCUT2D eigenvalue weighted by Crippen LogP contribution is -2.44. The molecule has 4 heterocycles. The number of thiophene rings is 1. The fourth-order valence-corrected chi connectivity index (χ4v) is 7.22. The lowest BCUT2D eigenvalue weighted by atomic mass is 10.0. The van der Waals surface area contributed by atoms with Crippen LogP contribution in [0.5, 0.6) is 0 Å². The maximum absolute atomic E-state index is 15.3. The molecule has 0 saturated carbocycles. The lowest BCUT2D eigenvalue weighted by Gasteiger charge is -2.24. The molecule has 2 aromatic heterocycles. The molecule has 212 valence electrons. The van der Waals surface area contributed by atoms with Crippen LogP contribution >= 0.6 is 23.1 Å². The number of carbonyl (C=O) groups excluding carboxylic acids is 2. The van der Waals surface area contributed by atoms with E-state index in [0.717, 1.165) is 35.0 Å². The first-order chi connectivity index (χ1) is 19.9. The molecule has 41 heavy (non-hydrogen) atoms. The lowest BCUT2D eigenvalue weighted by molar-refractivity contribution is -0.123. The fraction of sp³-hybridized carbons (Fsp3) is 0.300. The smallest absolute Gasteiger partial charge is 0.240 e. The summed E-state index contributed by atoms with van der Waals surface area (Å²) in [5.74, 6) is -1.62. The minimum absolute atomic E-state index is 0.00711. The number of amides is 2. The zero-order chi connectivity index (χ0) is 28.5. The van der Waals surface area contributed by atoms with Gasteiger partial charge in [0.1, 0.15) is 29.7 Å². The van der Waals surface area contributed by atoms with Gasteiger partial charge < -0.3 is 10.1 Å². The first kappa shape index (κ1) is 27.6. The number of rotatable bonds is 7. The Hall–Kier alpha value is -3.54. The molecule has 4 aromatic rings. The summed E-state index contributed by atoms with van der Waals surface area (Å²) in [6.45, 7) is 2.74. The van der Waals surface area contributed by atoms with Crippen molar-refractivity contribution >= 4 is 40.7 Å². The Bertz CT molecular complexity index is 1580. The van der Waals surface area contributed by atoms with Gasteiger partial charge in [-0.25, -0.2) is 13.5 Å². The normalized spacial score (nSPS) is 18.8. The number of benzene rings is 2. The van der Waals surface area contributed by atoms with Crippen LogP contribution in [0.1, 0.15) is 34.8 Å². The summed E-state index contributed by atoms with van der Waals surface area (Å²) in [5.41, 5.74) is 3.07. The van der Waals surface area contributed by atoms with Crippen LogP contribution in [0.25, 0.3) is 16.3 Å². The number of hydrogen-bond donors (Lipinski definition) is 1. The minimum atomic E-state index is -0.704. The number of fused-ring (bicyclic) bond motifs is 1. The number of nitrogens with one attached hydrogen (secondary N) is 1. The largest absolute Gasteiger partial charge is 0.376 e. The van der Waals surface area contributed by atoms with Crippen molar-refractivity contribution in [1.29, 1.82) is 0 Å². The maximum atomic E-state index is 15.3. The van der Waals surface area contributed by atoms with Crippen LogP contribution in [0.4, 0.5) is 14.6 Å². The third-order valence-electron chi connectivity index (χ3n) is 7.28. The maximum Gasteiger partial charge on any atom is 0.240 e. The molecular formula is C30H28F2N4O3S2. The van der Waals surface area contributed by atoms with E-state index in [1.807, 2.05) is 48.7 Å². The third-order valence-corrected chi connectivity index (χ3v) is 9.40. The molecule has 2 amide bonds. The molecule has 11 heteroatoms. The average molecular weight is 595 g/mol. The van der Waals surface area contributed by atoms with Gasteiger partial charge in [0, 0.05) is 30.3 Å². The van der Waals surface area contributed by atoms with Crippen molar-refractivity contribution in [2.24, 2.45) is 0 Å². The number of hydrogen-bond acceptors (Lipinski definition) is 6. The van der Waals surface area contributed by atoms with E-state index in [9.17, 15) is 14.0 Å². The van der Waals surface area contributed by atoms with E-state index >= 15 is 4.39 Å². The standard InChI is InChI=1S/C30H28F2N4O3S2/c1-18-6-2-3-8-23(18)36-30-27(28(34-36)24-9-5-13-40-24)29(21-11-10-19(31)14-22(21)32)41-17-26(38)35(30)16-25(37)33-15-20-7-4-12-39-20/h2-3,5-6,8-11,13-14,20,29H,4,7,12,15-17H2,1H3,(H,33,37)/t20-,29-/m1/s1. The number of thioether (sulfide) groups is 1. The Morgan fingerprint density at radius 3 is 2.76 bits per heavy atom. The Balaban J connectivity index is 1.53. The van der Waals surface area contributed by atoms with Gasteiger partial charge in [-0.05, 0) is 48.9 Å². The van der Waals surface area contributed by atoms with Gasteiger partial charge in [-0.15, -0.1) is 23.1 Å². The van der Waals surface area contributed by atoms with Crippen molar-refractivity contribution in [3.63, 3.8) is 0 Å². The summed E-state index contributed by atoms with van der Waals surface area (Å²) in [5, 5.41) is 9.16. The highest BCUT2D eigenvalue weighted by atomic mass is 32.2.